The van der Waals surface area contributed by atoms with Crippen molar-refractivity contribution in [3.63, 3.8) is 0 Å². The predicted octanol–water partition coefficient (Wildman–Crippen LogP) is 1.47. The summed E-state index contributed by atoms with van der Waals surface area (Å²) in [6.45, 7) is 3.94. The summed E-state index contributed by atoms with van der Waals surface area (Å²) in [6.07, 6.45) is 5.38. The Morgan fingerprint density at radius 3 is 2.72 bits per heavy atom. The summed E-state index contributed by atoms with van der Waals surface area (Å²) in [6, 6.07) is 0. The van der Waals surface area contributed by atoms with Crippen molar-refractivity contribution in [3.05, 3.63) is 0 Å². The molecule has 2 atom stereocenters. The number of carboxylic acids is 1. The van der Waals surface area contributed by atoms with E-state index in [1.54, 1.807) is 0 Å². The maximum atomic E-state index is 10.5. The van der Waals surface area contributed by atoms with E-state index in [0.29, 0.717) is 13.0 Å². The average Bonchev–Trinajstić information content (AvgIpc) is 2.83. The Kier molecular flexibility index (Phi) is 5.41. The molecule has 2 aliphatic heterocycles. The number of piperidine rings is 1. The second-order valence-corrected chi connectivity index (χ2v) is 5.14. The number of carbonyl (C=O) groups is 1. The van der Waals surface area contributed by atoms with E-state index in [-0.39, 0.29) is 18.8 Å². The second kappa shape index (κ2) is 7.07. The van der Waals surface area contributed by atoms with Gasteiger partial charge in [-0.3, -0.25) is 4.79 Å². The molecule has 2 unspecified atom stereocenters. The smallest absolute Gasteiger partial charge is 0.303 e. The highest BCUT2D eigenvalue weighted by atomic mass is 16.7. The molecule has 2 fully saturated rings. The van der Waals surface area contributed by atoms with Crippen molar-refractivity contribution in [3.8, 4) is 0 Å². The van der Waals surface area contributed by atoms with Gasteiger partial charge in [0.25, 0.3) is 0 Å². The zero-order valence-electron chi connectivity index (χ0n) is 10.8. The Morgan fingerprint density at radius 1 is 1.22 bits per heavy atom. The lowest BCUT2D eigenvalue weighted by Crippen LogP contribution is -2.32. The van der Waals surface area contributed by atoms with Gasteiger partial charge >= 0.3 is 5.97 Å². The molecular weight excluding hydrogens is 234 g/mol. The molecule has 2 heterocycles. The first kappa shape index (κ1) is 13.8. The Morgan fingerprint density at radius 2 is 2.00 bits per heavy atom. The van der Waals surface area contributed by atoms with Gasteiger partial charge in [0, 0.05) is 19.4 Å². The number of rotatable bonds is 6. The predicted molar refractivity (Wildman–Crippen MR) is 66.4 cm³/mol. The molecule has 0 spiro atoms. The van der Waals surface area contributed by atoms with Crippen LogP contribution in [-0.2, 0) is 14.3 Å². The molecule has 0 aliphatic carbocycles. The van der Waals surface area contributed by atoms with Crippen molar-refractivity contribution in [1.82, 2.24) is 4.90 Å². The molecule has 1 N–H and O–H groups in total. The first-order valence-corrected chi connectivity index (χ1v) is 6.95. The van der Waals surface area contributed by atoms with Crippen molar-refractivity contribution in [2.24, 2.45) is 0 Å². The number of carboxylic acid groups (broad SMARTS) is 1. The van der Waals surface area contributed by atoms with Gasteiger partial charge in [-0.1, -0.05) is 6.42 Å². The van der Waals surface area contributed by atoms with Crippen LogP contribution in [0.5, 0.6) is 0 Å². The van der Waals surface area contributed by atoms with E-state index in [1.165, 1.54) is 32.4 Å². The number of hydrogen-bond donors (Lipinski definition) is 1. The lowest BCUT2D eigenvalue weighted by Gasteiger charge is -2.27. The molecule has 5 nitrogen and oxygen atoms in total. The summed E-state index contributed by atoms with van der Waals surface area (Å²) in [5.74, 6) is -0.768. The van der Waals surface area contributed by atoms with Crippen molar-refractivity contribution in [1.29, 1.82) is 0 Å². The van der Waals surface area contributed by atoms with E-state index in [9.17, 15) is 4.79 Å². The van der Waals surface area contributed by atoms with Gasteiger partial charge in [-0.05, 0) is 32.4 Å². The fraction of sp³-hybridized carbons (Fsp3) is 0.923. The van der Waals surface area contributed by atoms with Crippen LogP contribution in [0.2, 0.25) is 0 Å². The first-order valence-electron chi connectivity index (χ1n) is 6.95. The summed E-state index contributed by atoms with van der Waals surface area (Å²) in [5.41, 5.74) is 0. The van der Waals surface area contributed by atoms with Crippen LogP contribution in [0.3, 0.4) is 0 Å². The van der Waals surface area contributed by atoms with Gasteiger partial charge in [0.2, 0.25) is 0 Å². The summed E-state index contributed by atoms with van der Waals surface area (Å²) >= 11 is 0. The minimum atomic E-state index is -0.768. The SMILES string of the molecule is O=C(O)CCC1COC(CCN2CCCCC2)O1. The van der Waals surface area contributed by atoms with Crippen molar-refractivity contribution < 1.29 is 19.4 Å². The number of ether oxygens (including phenoxy) is 2. The fourth-order valence-corrected chi connectivity index (χ4v) is 2.57. The van der Waals surface area contributed by atoms with Gasteiger partial charge in [0.15, 0.2) is 6.29 Å². The van der Waals surface area contributed by atoms with Crippen LogP contribution < -0.4 is 0 Å². The molecule has 0 saturated carbocycles. The summed E-state index contributed by atoms with van der Waals surface area (Å²) < 4.78 is 11.2. The van der Waals surface area contributed by atoms with Gasteiger partial charge in [-0.15, -0.1) is 0 Å². The highest BCUT2D eigenvalue weighted by Crippen LogP contribution is 2.19. The Labute approximate surface area is 108 Å². The molecule has 18 heavy (non-hydrogen) atoms. The number of nitrogens with zero attached hydrogens (tertiary/aromatic N) is 1. The third kappa shape index (κ3) is 4.55. The van der Waals surface area contributed by atoms with E-state index < -0.39 is 5.97 Å². The molecule has 2 aliphatic rings. The van der Waals surface area contributed by atoms with Gasteiger partial charge in [0.05, 0.1) is 12.7 Å². The van der Waals surface area contributed by atoms with Crippen LogP contribution in [0.1, 0.15) is 38.5 Å². The molecule has 0 aromatic carbocycles. The minimum absolute atomic E-state index is 0.0348. The van der Waals surface area contributed by atoms with Crippen LogP contribution in [0.15, 0.2) is 0 Å². The van der Waals surface area contributed by atoms with Crippen LogP contribution in [0.4, 0.5) is 0 Å². The second-order valence-electron chi connectivity index (χ2n) is 5.14. The third-order valence-electron chi connectivity index (χ3n) is 3.62. The van der Waals surface area contributed by atoms with Gasteiger partial charge in [0.1, 0.15) is 0 Å². The molecule has 0 aromatic rings. The highest BCUT2D eigenvalue weighted by Gasteiger charge is 2.26. The quantitative estimate of drug-likeness (QED) is 0.781. The molecule has 0 radical (unpaired) electrons. The summed E-state index contributed by atoms with van der Waals surface area (Å²) in [5, 5.41) is 8.61. The van der Waals surface area contributed by atoms with Crippen molar-refractivity contribution >= 4 is 5.97 Å². The Balaban J connectivity index is 1.58. The molecule has 5 heteroatoms. The Bertz CT molecular complexity index is 266. The van der Waals surface area contributed by atoms with Crippen LogP contribution in [0, 0.1) is 0 Å². The third-order valence-corrected chi connectivity index (χ3v) is 3.62. The molecule has 2 rings (SSSR count). The molecule has 104 valence electrons. The number of aliphatic carboxylic acids is 1. The lowest BCUT2D eigenvalue weighted by atomic mass is 10.1. The zero-order valence-corrected chi connectivity index (χ0v) is 10.8. The zero-order chi connectivity index (χ0) is 12.8. The fourth-order valence-electron chi connectivity index (χ4n) is 2.57. The first-order chi connectivity index (χ1) is 8.74. The van der Waals surface area contributed by atoms with Crippen LogP contribution in [0.25, 0.3) is 0 Å². The minimum Gasteiger partial charge on any atom is -0.481 e. The number of hydrogen-bond acceptors (Lipinski definition) is 4. The topological polar surface area (TPSA) is 59.0 Å². The van der Waals surface area contributed by atoms with Crippen molar-refractivity contribution in [2.75, 3.05) is 26.2 Å². The Hall–Kier alpha value is -0.650. The molecule has 0 aromatic heterocycles. The molecule has 0 bridgehead atoms. The van der Waals surface area contributed by atoms with E-state index in [0.717, 1.165) is 13.0 Å². The van der Waals surface area contributed by atoms with Crippen molar-refractivity contribution in [2.45, 2.75) is 50.9 Å². The van der Waals surface area contributed by atoms with Gasteiger partial charge in [-0.25, -0.2) is 0 Å². The van der Waals surface area contributed by atoms with Crippen LogP contribution in [-0.4, -0.2) is 54.6 Å². The van der Waals surface area contributed by atoms with Crippen LogP contribution >= 0.6 is 0 Å². The summed E-state index contributed by atoms with van der Waals surface area (Å²) in [7, 11) is 0. The van der Waals surface area contributed by atoms with E-state index in [1.807, 2.05) is 0 Å². The van der Waals surface area contributed by atoms with Gasteiger partial charge in [-0.2, -0.15) is 0 Å². The van der Waals surface area contributed by atoms with E-state index in [4.69, 9.17) is 14.6 Å². The highest BCUT2D eigenvalue weighted by molar-refractivity contribution is 5.66. The molecular formula is C13H23NO4. The maximum Gasteiger partial charge on any atom is 0.303 e. The largest absolute Gasteiger partial charge is 0.481 e. The normalized spacial score (nSPS) is 29.6. The number of likely N-dealkylation sites (tertiary alicyclic amines) is 1. The maximum absolute atomic E-state index is 10.5. The van der Waals surface area contributed by atoms with E-state index >= 15 is 0 Å². The van der Waals surface area contributed by atoms with Gasteiger partial charge < -0.3 is 19.5 Å². The monoisotopic (exact) mass is 257 g/mol. The molecule has 0 amide bonds. The average molecular weight is 257 g/mol. The lowest BCUT2D eigenvalue weighted by molar-refractivity contribution is -0.138. The van der Waals surface area contributed by atoms with E-state index in [2.05, 4.69) is 4.90 Å². The standard InChI is InChI=1S/C13H23NO4/c15-12(16)5-4-11-10-17-13(18-11)6-9-14-7-2-1-3-8-14/h11,13H,1-10H2,(H,15,16). The molecule has 2 saturated heterocycles. The summed E-state index contributed by atoms with van der Waals surface area (Å²) in [4.78, 5) is 12.9.